The average molecular weight is 303 g/mol. The first-order valence-corrected chi connectivity index (χ1v) is 7.82. The topological polar surface area (TPSA) is 66.3 Å². The lowest BCUT2D eigenvalue weighted by Gasteiger charge is -2.25. The second-order valence-electron chi connectivity index (χ2n) is 5.12. The standard InChI is InChI=1S/C15H17N3O2S/c1-10(20)12-4-5-13(21-12)14-15(17-7-6-16-14)18-8-2-3-11(18)9-19/h4-7,11,19H,2-3,8-9H2,1H3. The highest BCUT2D eigenvalue weighted by Crippen LogP contribution is 2.35. The van der Waals surface area contributed by atoms with Gasteiger partial charge in [-0.3, -0.25) is 4.79 Å². The van der Waals surface area contributed by atoms with Crippen LogP contribution < -0.4 is 4.90 Å². The number of carbonyl (C=O) groups excluding carboxylic acids is 1. The zero-order valence-electron chi connectivity index (χ0n) is 11.8. The van der Waals surface area contributed by atoms with Crippen molar-refractivity contribution in [2.45, 2.75) is 25.8 Å². The Morgan fingerprint density at radius 3 is 2.95 bits per heavy atom. The monoisotopic (exact) mass is 303 g/mol. The number of thiophene rings is 1. The van der Waals surface area contributed by atoms with E-state index in [4.69, 9.17) is 0 Å². The molecular formula is C15H17N3O2S. The number of aliphatic hydroxyl groups excluding tert-OH is 1. The molecule has 0 amide bonds. The van der Waals surface area contributed by atoms with Crippen molar-refractivity contribution in [3.8, 4) is 10.6 Å². The Morgan fingerprint density at radius 2 is 2.24 bits per heavy atom. The predicted octanol–water partition coefficient (Wildman–Crippen LogP) is 2.37. The molecule has 3 heterocycles. The molecule has 1 saturated heterocycles. The van der Waals surface area contributed by atoms with E-state index >= 15 is 0 Å². The van der Waals surface area contributed by atoms with Crippen LogP contribution in [0, 0.1) is 0 Å². The largest absolute Gasteiger partial charge is 0.394 e. The normalized spacial score (nSPS) is 18.2. The van der Waals surface area contributed by atoms with Gasteiger partial charge in [0.2, 0.25) is 0 Å². The van der Waals surface area contributed by atoms with Crippen molar-refractivity contribution in [1.29, 1.82) is 0 Å². The summed E-state index contributed by atoms with van der Waals surface area (Å²) in [6, 6.07) is 3.85. The molecule has 1 aliphatic heterocycles. The molecule has 1 aliphatic rings. The Morgan fingerprint density at radius 1 is 1.43 bits per heavy atom. The fourth-order valence-electron chi connectivity index (χ4n) is 2.67. The zero-order valence-corrected chi connectivity index (χ0v) is 12.6. The number of aromatic nitrogens is 2. The highest BCUT2D eigenvalue weighted by atomic mass is 32.1. The molecule has 2 aromatic heterocycles. The second-order valence-corrected chi connectivity index (χ2v) is 6.20. The number of hydrogen-bond donors (Lipinski definition) is 1. The van der Waals surface area contributed by atoms with Gasteiger partial charge in [-0.2, -0.15) is 0 Å². The fraction of sp³-hybridized carbons (Fsp3) is 0.400. The summed E-state index contributed by atoms with van der Waals surface area (Å²) in [4.78, 5) is 24.2. The van der Waals surface area contributed by atoms with E-state index in [2.05, 4.69) is 14.9 Å². The third-order valence-electron chi connectivity index (χ3n) is 3.73. The number of Topliss-reactive ketones (excluding diaryl/α,β-unsaturated/α-hetero) is 1. The van der Waals surface area contributed by atoms with Crippen LogP contribution in [0.25, 0.3) is 10.6 Å². The van der Waals surface area contributed by atoms with Gasteiger partial charge in [0.25, 0.3) is 0 Å². The van der Waals surface area contributed by atoms with Crippen LogP contribution in [0.5, 0.6) is 0 Å². The fourth-order valence-corrected chi connectivity index (χ4v) is 3.57. The summed E-state index contributed by atoms with van der Waals surface area (Å²) in [7, 11) is 0. The van der Waals surface area contributed by atoms with Gasteiger partial charge in [0, 0.05) is 18.9 Å². The summed E-state index contributed by atoms with van der Waals surface area (Å²) in [5.74, 6) is 0.858. The maximum absolute atomic E-state index is 11.5. The maximum atomic E-state index is 11.5. The molecule has 2 aromatic rings. The number of nitrogens with zero attached hydrogens (tertiary/aromatic N) is 3. The SMILES string of the molecule is CC(=O)c1ccc(-c2nccnc2N2CCCC2CO)s1. The van der Waals surface area contributed by atoms with Crippen LogP contribution in [-0.2, 0) is 0 Å². The molecule has 1 fully saturated rings. The first-order chi connectivity index (χ1) is 10.2. The van der Waals surface area contributed by atoms with Crippen LogP contribution in [-0.4, -0.2) is 40.1 Å². The Labute approximate surface area is 127 Å². The Bertz CT molecular complexity index is 656. The first kappa shape index (κ1) is 14.2. The van der Waals surface area contributed by atoms with Gasteiger partial charge >= 0.3 is 0 Å². The molecule has 0 aromatic carbocycles. The van der Waals surface area contributed by atoms with Crippen molar-refractivity contribution < 1.29 is 9.90 Å². The summed E-state index contributed by atoms with van der Waals surface area (Å²) in [5, 5.41) is 9.50. The van der Waals surface area contributed by atoms with Crippen molar-refractivity contribution in [3.05, 3.63) is 29.4 Å². The molecule has 0 saturated carbocycles. The number of rotatable bonds is 4. The highest BCUT2D eigenvalue weighted by molar-refractivity contribution is 7.17. The van der Waals surface area contributed by atoms with Crippen LogP contribution in [0.1, 0.15) is 29.4 Å². The van der Waals surface area contributed by atoms with Gasteiger partial charge in [-0.05, 0) is 31.9 Å². The number of carbonyl (C=O) groups is 1. The smallest absolute Gasteiger partial charge is 0.169 e. The Hall–Kier alpha value is -1.79. The minimum Gasteiger partial charge on any atom is -0.394 e. The average Bonchev–Trinajstić information content (AvgIpc) is 3.16. The van der Waals surface area contributed by atoms with Gasteiger partial charge < -0.3 is 10.0 Å². The van der Waals surface area contributed by atoms with Crippen molar-refractivity contribution in [2.75, 3.05) is 18.1 Å². The molecule has 5 nitrogen and oxygen atoms in total. The van der Waals surface area contributed by atoms with Gasteiger partial charge in [0.1, 0.15) is 5.69 Å². The van der Waals surface area contributed by atoms with Crippen LogP contribution in [0.2, 0.25) is 0 Å². The van der Waals surface area contributed by atoms with Gasteiger partial charge in [-0.1, -0.05) is 0 Å². The molecule has 21 heavy (non-hydrogen) atoms. The third kappa shape index (κ3) is 2.69. The molecule has 3 rings (SSSR count). The van der Waals surface area contributed by atoms with Crippen LogP contribution >= 0.6 is 11.3 Å². The molecule has 110 valence electrons. The van der Waals surface area contributed by atoms with E-state index in [-0.39, 0.29) is 18.4 Å². The van der Waals surface area contributed by atoms with E-state index < -0.39 is 0 Å². The van der Waals surface area contributed by atoms with Gasteiger partial charge in [0.15, 0.2) is 11.6 Å². The molecule has 1 N–H and O–H groups in total. The highest BCUT2D eigenvalue weighted by Gasteiger charge is 2.28. The van der Waals surface area contributed by atoms with E-state index in [0.29, 0.717) is 0 Å². The van der Waals surface area contributed by atoms with E-state index in [1.807, 2.05) is 12.1 Å². The van der Waals surface area contributed by atoms with Crippen LogP contribution in [0.3, 0.4) is 0 Å². The Kier molecular flexibility index (Phi) is 3.98. The lowest BCUT2D eigenvalue weighted by atomic mass is 10.2. The molecule has 0 bridgehead atoms. The number of hydrogen-bond acceptors (Lipinski definition) is 6. The van der Waals surface area contributed by atoms with E-state index in [0.717, 1.165) is 40.7 Å². The van der Waals surface area contributed by atoms with Crippen LogP contribution in [0.4, 0.5) is 5.82 Å². The minimum atomic E-state index is 0.0612. The van der Waals surface area contributed by atoms with Crippen molar-refractivity contribution in [2.24, 2.45) is 0 Å². The van der Waals surface area contributed by atoms with Gasteiger partial charge in [0.05, 0.1) is 22.4 Å². The number of anilines is 1. The molecule has 0 spiro atoms. The van der Waals surface area contributed by atoms with Crippen molar-refractivity contribution in [1.82, 2.24) is 9.97 Å². The third-order valence-corrected chi connectivity index (χ3v) is 4.92. The summed E-state index contributed by atoms with van der Waals surface area (Å²) < 4.78 is 0. The van der Waals surface area contributed by atoms with E-state index in [1.165, 1.54) is 11.3 Å². The van der Waals surface area contributed by atoms with Gasteiger partial charge in [-0.25, -0.2) is 9.97 Å². The Balaban J connectivity index is 2.01. The summed E-state index contributed by atoms with van der Waals surface area (Å²) in [6.07, 6.45) is 5.35. The first-order valence-electron chi connectivity index (χ1n) is 7.00. The molecular weight excluding hydrogens is 286 g/mol. The summed E-state index contributed by atoms with van der Waals surface area (Å²) in [6.45, 7) is 2.57. The predicted molar refractivity (Wildman–Crippen MR) is 82.8 cm³/mol. The summed E-state index contributed by atoms with van der Waals surface area (Å²) >= 11 is 1.43. The second kappa shape index (κ2) is 5.91. The molecule has 6 heteroatoms. The summed E-state index contributed by atoms with van der Waals surface area (Å²) in [5.41, 5.74) is 0.787. The van der Waals surface area contributed by atoms with Crippen molar-refractivity contribution >= 4 is 22.9 Å². The molecule has 1 atom stereocenters. The maximum Gasteiger partial charge on any atom is 0.169 e. The van der Waals surface area contributed by atoms with E-state index in [9.17, 15) is 9.90 Å². The van der Waals surface area contributed by atoms with Gasteiger partial charge in [-0.15, -0.1) is 11.3 Å². The number of aliphatic hydroxyl groups is 1. The lowest BCUT2D eigenvalue weighted by Crippen LogP contribution is -2.33. The van der Waals surface area contributed by atoms with Crippen molar-refractivity contribution in [3.63, 3.8) is 0 Å². The zero-order chi connectivity index (χ0) is 14.8. The quantitative estimate of drug-likeness (QED) is 0.878. The molecule has 0 aliphatic carbocycles. The van der Waals surface area contributed by atoms with Crippen LogP contribution in [0.15, 0.2) is 24.5 Å². The minimum absolute atomic E-state index is 0.0612. The number of ketones is 1. The molecule has 0 radical (unpaired) electrons. The lowest BCUT2D eigenvalue weighted by molar-refractivity contribution is 0.102. The van der Waals surface area contributed by atoms with E-state index in [1.54, 1.807) is 19.3 Å². The molecule has 1 unspecified atom stereocenters.